The third-order valence-electron chi connectivity index (χ3n) is 4.93. The fourth-order valence-electron chi connectivity index (χ4n) is 3.17. The smallest absolute Gasteiger partial charge is 0.271 e. The SMILES string of the molecule is CCOc1cc(CNCCNc2ccc([N+](=O)[O-])cc2Cl)ccc1OCc1ccc(C)cc1. The summed E-state index contributed by atoms with van der Waals surface area (Å²) in [7, 11) is 0. The first-order valence-electron chi connectivity index (χ1n) is 10.8. The third-order valence-corrected chi connectivity index (χ3v) is 5.25. The monoisotopic (exact) mass is 469 g/mol. The minimum absolute atomic E-state index is 0.0277. The highest BCUT2D eigenvalue weighted by atomic mass is 35.5. The van der Waals surface area contributed by atoms with Crippen molar-refractivity contribution < 1.29 is 14.4 Å². The molecule has 174 valence electrons. The van der Waals surface area contributed by atoms with Crippen molar-refractivity contribution in [1.29, 1.82) is 0 Å². The number of aryl methyl sites for hydroxylation is 1. The lowest BCUT2D eigenvalue weighted by molar-refractivity contribution is -0.384. The maximum Gasteiger partial charge on any atom is 0.271 e. The Bertz CT molecular complexity index is 1070. The summed E-state index contributed by atoms with van der Waals surface area (Å²) in [5.41, 5.74) is 4.04. The summed E-state index contributed by atoms with van der Waals surface area (Å²) < 4.78 is 11.8. The van der Waals surface area contributed by atoms with E-state index in [2.05, 4.69) is 41.8 Å². The molecule has 0 saturated carbocycles. The molecular weight excluding hydrogens is 442 g/mol. The van der Waals surface area contributed by atoms with Crippen molar-refractivity contribution in [3.05, 3.63) is 92.5 Å². The van der Waals surface area contributed by atoms with Crippen molar-refractivity contribution in [1.82, 2.24) is 5.32 Å². The van der Waals surface area contributed by atoms with Crippen molar-refractivity contribution >= 4 is 23.0 Å². The molecule has 0 atom stereocenters. The number of non-ortho nitro benzene ring substituents is 1. The first kappa shape index (κ1) is 24.4. The second-order valence-corrected chi connectivity index (χ2v) is 7.92. The number of benzene rings is 3. The summed E-state index contributed by atoms with van der Waals surface area (Å²) in [4.78, 5) is 10.3. The molecule has 0 saturated heterocycles. The van der Waals surface area contributed by atoms with E-state index < -0.39 is 4.92 Å². The second kappa shape index (κ2) is 12.1. The Kier molecular flexibility index (Phi) is 8.92. The molecule has 3 aromatic carbocycles. The van der Waals surface area contributed by atoms with E-state index in [-0.39, 0.29) is 5.69 Å². The summed E-state index contributed by atoms with van der Waals surface area (Å²) in [6.45, 7) is 7.01. The highest BCUT2D eigenvalue weighted by Gasteiger charge is 2.09. The van der Waals surface area contributed by atoms with E-state index >= 15 is 0 Å². The minimum atomic E-state index is -0.466. The predicted molar refractivity (Wildman–Crippen MR) is 131 cm³/mol. The average Bonchev–Trinajstić information content (AvgIpc) is 2.80. The van der Waals surface area contributed by atoms with Gasteiger partial charge >= 0.3 is 0 Å². The van der Waals surface area contributed by atoms with Crippen LogP contribution in [0.15, 0.2) is 60.7 Å². The Morgan fingerprint density at radius 1 is 0.939 bits per heavy atom. The number of hydrogen-bond donors (Lipinski definition) is 2. The first-order chi connectivity index (χ1) is 16.0. The number of nitro groups is 1. The van der Waals surface area contributed by atoms with Gasteiger partial charge in [-0.05, 0) is 43.2 Å². The Hall–Kier alpha value is -3.29. The molecule has 0 heterocycles. The van der Waals surface area contributed by atoms with Gasteiger partial charge < -0.3 is 20.1 Å². The molecular formula is C25H28ClN3O4. The quantitative estimate of drug-likeness (QED) is 0.200. The Balaban J connectivity index is 1.49. The zero-order valence-electron chi connectivity index (χ0n) is 18.8. The number of hydrogen-bond acceptors (Lipinski definition) is 6. The lowest BCUT2D eigenvalue weighted by Crippen LogP contribution is -2.22. The summed E-state index contributed by atoms with van der Waals surface area (Å²) in [5.74, 6) is 1.44. The van der Waals surface area contributed by atoms with Gasteiger partial charge in [-0.3, -0.25) is 10.1 Å². The molecule has 0 aliphatic rings. The van der Waals surface area contributed by atoms with Gasteiger partial charge in [0.05, 0.1) is 22.2 Å². The second-order valence-electron chi connectivity index (χ2n) is 7.51. The molecule has 0 aliphatic heterocycles. The topological polar surface area (TPSA) is 85.7 Å². The van der Waals surface area contributed by atoms with Crippen LogP contribution in [0, 0.1) is 17.0 Å². The fraction of sp³-hybridized carbons (Fsp3) is 0.280. The van der Waals surface area contributed by atoms with E-state index in [1.54, 1.807) is 6.07 Å². The normalized spacial score (nSPS) is 10.6. The van der Waals surface area contributed by atoms with E-state index in [0.29, 0.717) is 43.6 Å². The van der Waals surface area contributed by atoms with Gasteiger partial charge in [-0.25, -0.2) is 0 Å². The van der Waals surface area contributed by atoms with Gasteiger partial charge in [0.1, 0.15) is 6.61 Å². The molecule has 0 aromatic heterocycles. The molecule has 0 aliphatic carbocycles. The van der Waals surface area contributed by atoms with Crippen LogP contribution < -0.4 is 20.1 Å². The summed E-state index contributed by atoms with van der Waals surface area (Å²) >= 11 is 6.10. The van der Waals surface area contributed by atoms with Gasteiger partial charge in [0, 0.05) is 31.8 Å². The molecule has 3 aromatic rings. The molecule has 3 rings (SSSR count). The Labute approximate surface area is 198 Å². The number of ether oxygens (including phenoxy) is 2. The molecule has 0 unspecified atom stereocenters. The van der Waals surface area contributed by atoms with Gasteiger partial charge in [0.2, 0.25) is 0 Å². The standard InChI is InChI=1S/C25H28ClN3O4/c1-3-32-25-14-20(8-11-24(25)33-17-19-6-4-18(2)5-7-19)16-27-12-13-28-23-10-9-21(29(30)31)15-22(23)26/h4-11,14-15,27-28H,3,12-13,16-17H2,1-2H3. The van der Waals surface area contributed by atoms with Crippen LogP contribution in [-0.4, -0.2) is 24.6 Å². The number of nitro benzene ring substituents is 1. The number of nitrogens with zero attached hydrogens (tertiary/aromatic N) is 1. The van der Waals surface area contributed by atoms with E-state index in [1.165, 1.54) is 17.7 Å². The summed E-state index contributed by atoms with van der Waals surface area (Å²) in [6.07, 6.45) is 0. The highest BCUT2D eigenvalue weighted by molar-refractivity contribution is 6.33. The van der Waals surface area contributed by atoms with Crippen LogP contribution >= 0.6 is 11.6 Å². The molecule has 0 fully saturated rings. The predicted octanol–water partition coefficient (Wildman–Crippen LogP) is 5.74. The molecule has 0 amide bonds. The number of nitrogens with one attached hydrogen (secondary N) is 2. The Morgan fingerprint density at radius 2 is 1.70 bits per heavy atom. The van der Waals surface area contributed by atoms with Crippen LogP contribution in [0.1, 0.15) is 23.6 Å². The maximum atomic E-state index is 10.8. The number of anilines is 1. The van der Waals surface area contributed by atoms with Gasteiger partial charge in [-0.1, -0.05) is 47.5 Å². The largest absolute Gasteiger partial charge is 0.490 e. The number of halogens is 1. The van der Waals surface area contributed by atoms with Gasteiger partial charge in [-0.2, -0.15) is 0 Å². The lowest BCUT2D eigenvalue weighted by atomic mass is 10.1. The van der Waals surface area contributed by atoms with Gasteiger partial charge in [-0.15, -0.1) is 0 Å². The molecule has 0 radical (unpaired) electrons. The molecule has 7 nitrogen and oxygen atoms in total. The zero-order chi connectivity index (χ0) is 23.6. The Morgan fingerprint density at radius 3 is 2.39 bits per heavy atom. The molecule has 8 heteroatoms. The van der Waals surface area contributed by atoms with E-state index in [1.807, 2.05) is 25.1 Å². The molecule has 33 heavy (non-hydrogen) atoms. The molecule has 0 spiro atoms. The summed E-state index contributed by atoms with van der Waals surface area (Å²) in [6, 6.07) is 18.6. The van der Waals surface area contributed by atoms with Crippen LogP contribution in [0.5, 0.6) is 11.5 Å². The molecule has 2 N–H and O–H groups in total. The zero-order valence-corrected chi connectivity index (χ0v) is 19.5. The van der Waals surface area contributed by atoms with Crippen LogP contribution in [0.3, 0.4) is 0 Å². The van der Waals surface area contributed by atoms with E-state index in [4.69, 9.17) is 21.1 Å². The third kappa shape index (κ3) is 7.37. The van der Waals surface area contributed by atoms with E-state index in [9.17, 15) is 10.1 Å². The van der Waals surface area contributed by atoms with Crippen molar-refractivity contribution in [2.24, 2.45) is 0 Å². The van der Waals surface area contributed by atoms with Crippen LogP contribution in [0.2, 0.25) is 5.02 Å². The van der Waals surface area contributed by atoms with Crippen LogP contribution in [-0.2, 0) is 13.2 Å². The average molecular weight is 470 g/mol. The van der Waals surface area contributed by atoms with Crippen molar-refractivity contribution in [2.75, 3.05) is 25.0 Å². The van der Waals surface area contributed by atoms with Crippen molar-refractivity contribution in [2.45, 2.75) is 27.0 Å². The summed E-state index contributed by atoms with van der Waals surface area (Å²) in [5, 5.41) is 17.7. The van der Waals surface area contributed by atoms with Crippen molar-refractivity contribution in [3.8, 4) is 11.5 Å². The molecule has 0 bridgehead atoms. The van der Waals surface area contributed by atoms with Crippen LogP contribution in [0.4, 0.5) is 11.4 Å². The number of rotatable bonds is 12. The first-order valence-corrected chi connectivity index (χ1v) is 11.2. The highest BCUT2D eigenvalue weighted by Crippen LogP contribution is 2.29. The van der Waals surface area contributed by atoms with Gasteiger partial charge in [0.25, 0.3) is 5.69 Å². The minimum Gasteiger partial charge on any atom is -0.490 e. The van der Waals surface area contributed by atoms with Gasteiger partial charge in [0.15, 0.2) is 11.5 Å². The van der Waals surface area contributed by atoms with E-state index in [0.717, 1.165) is 22.6 Å². The fourth-order valence-corrected chi connectivity index (χ4v) is 3.42. The van der Waals surface area contributed by atoms with Crippen LogP contribution in [0.25, 0.3) is 0 Å². The lowest BCUT2D eigenvalue weighted by Gasteiger charge is -2.14. The van der Waals surface area contributed by atoms with Crippen molar-refractivity contribution in [3.63, 3.8) is 0 Å². The maximum absolute atomic E-state index is 10.8.